The number of hydrogen-bond acceptors (Lipinski definition) is 2. The molecule has 0 saturated carbocycles. The van der Waals surface area contributed by atoms with Gasteiger partial charge in [0.2, 0.25) is 0 Å². The van der Waals surface area contributed by atoms with Gasteiger partial charge in [0.15, 0.2) is 0 Å². The van der Waals surface area contributed by atoms with Crippen LogP contribution in [-0.2, 0) is 6.42 Å². The second-order valence-corrected chi connectivity index (χ2v) is 6.65. The molecule has 1 heterocycles. The fourth-order valence-corrected chi connectivity index (χ4v) is 4.02. The molecule has 3 rings (SSSR count). The third kappa shape index (κ3) is 1.86. The van der Waals surface area contributed by atoms with E-state index >= 15 is 0 Å². The summed E-state index contributed by atoms with van der Waals surface area (Å²) in [6, 6.07) is 10.4. The van der Waals surface area contributed by atoms with Crippen molar-refractivity contribution in [1.82, 2.24) is 0 Å². The lowest BCUT2D eigenvalue weighted by Crippen LogP contribution is -2.22. The standard InChI is InChI=1S/C14H13BrOS/c1-8-12(15)7-13(17-8)14(16)11-6-9-4-2-3-5-10(9)11/h2-5,7,11,14,16H,6H2,1H3. The van der Waals surface area contributed by atoms with E-state index in [4.69, 9.17) is 0 Å². The van der Waals surface area contributed by atoms with Crippen molar-refractivity contribution in [2.45, 2.75) is 25.4 Å². The van der Waals surface area contributed by atoms with Crippen molar-refractivity contribution < 1.29 is 5.11 Å². The minimum Gasteiger partial charge on any atom is -0.387 e. The van der Waals surface area contributed by atoms with E-state index in [1.54, 1.807) is 11.3 Å². The highest BCUT2D eigenvalue weighted by molar-refractivity contribution is 9.10. The van der Waals surface area contributed by atoms with E-state index in [1.165, 1.54) is 16.0 Å². The van der Waals surface area contributed by atoms with Crippen LogP contribution >= 0.6 is 27.3 Å². The topological polar surface area (TPSA) is 20.2 Å². The van der Waals surface area contributed by atoms with Crippen LogP contribution in [0.2, 0.25) is 0 Å². The van der Waals surface area contributed by atoms with Gasteiger partial charge in [0.1, 0.15) is 0 Å². The molecule has 2 aromatic rings. The number of aryl methyl sites for hydroxylation is 1. The Kier molecular flexibility index (Phi) is 2.85. The number of thiophene rings is 1. The number of fused-ring (bicyclic) bond motifs is 1. The summed E-state index contributed by atoms with van der Waals surface area (Å²) in [5.74, 6) is 0.274. The predicted octanol–water partition coefficient (Wildman–Crippen LogP) is 4.19. The van der Waals surface area contributed by atoms with Crippen molar-refractivity contribution in [2.24, 2.45) is 0 Å². The van der Waals surface area contributed by atoms with Gasteiger partial charge in [-0.05, 0) is 46.5 Å². The molecule has 3 heteroatoms. The predicted molar refractivity (Wildman–Crippen MR) is 74.6 cm³/mol. The summed E-state index contributed by atoms with van der Waals surface area (Å²) in [6.45, 7) is 2.07. The van der Waals surface area contributed by atoms with Crippen LogP contribution < -0.4 is 0 Å². The highest BCUT2D eigenvalue weighted by Crippen LogP contribution is 2.45. The minimum absolute atomic E-state index is 0.274. The molecule has 2 atom stereocenters. The molecule has 17 heavy (non-hydrogen) atoms. The van der Waals surface area contributed by atoms with E-state index in [2.05, 4.69) is 41.1 Å². The van der Waals surface area contributed by atoms with Crippen molar-refractivity contribution in [1.29, 1.82) is 0 Å². The summed E-state index contributed by atoms with van der Waals surface area (Å²) in [6.07, 6.45) is 0.631. The number of rotatable bonds is 2. The molecule has 0 aliphatic heterocycles. The van der Waals surface area contributed by atoms with E-state index in [-0.39, 0.29) is 12.0 Å². The second kappa shape index (κ2) is 4.23. The molecular formula is C14H13BrOS. The molecule has 0 fully saturated rings. The molecule has 1 aromatic heterocycles. The average Bonchev–Trinajstić information content (AvgIpc) is 2.61. The highest BCUT2D eigenvalue weighted by atomic mass is 79.9. The molecule has 0 saturated heterocycles. The Balaban J connectivity index is 1.88. The van der Waals surface area contributed by atoms with Crippen LogP contribution in [0.25, 0.3) is 0 Å². The second-order valence-electron chi connectivity index (χ2n) is 4.51. The largest absolute Gasteiger partial charge is 0.387 e. The van der Waals surface area contributed by atoms with Gasteiger partial charge >= 0.3 is 0 Å². The normalized spacial score (nSPS) is 19.6. The van der Waals surface area contributed by atoms with E-state index in [1.807, 2.05) is 12.1 Å². The first-order chi connectivity index (χ1) is 8.16. The van der Waals surface area contributed by atoms with Gasteiger partial charge in [-0.1, -0.05) is 24.3 Å². The molecule has 0 amide bonds. The summed E-state index contributed by atoms with van der Waals surface area (Å²) < 4.78 is 1.10. The molecule has 0 radical (unpaired) electrons. The van der Waals surface area contributed by atoms with E-state index in [9.17, 15) is 5.11 Å². The van der Waals surface area contributed by atoms with Crippen LogP contribution in [0.5, 0.6) is 0 Å². The molecule has 0 spiro atoms. The quantitative estimate of drug-likeness (QED) is 0.882. The monoisotopic (exact) mass is 308 g/mol. The third-order valence-corrected chi connectivity index (χ3v) is 5.65. The number of aliphatic hydroxyl groups excluding tert-OH is 1. The summed E-state index contributed by atoms with van der Waals surface area (Å²) >= 11 is 5.18. The number of hydrogen-bond donors (Lipinski definition) is 1. The van der Waals surface area contributed by atoms with Crippen molar-refractivity contribution in [2.75, 3.05) is 0 Å². The zero-order valence-electron chi connectivity index (χ0n) is 9.48. The molecule has 1 aliphatic carbocycles. The van der Waals surface area contributed by atoms with Gasteiger partial charge in [-0.2, -0.15) is 0 Å². The number of aliphatic hydroxyl groups is 1. The van der Waals surface area contributed by atoms with Crippen molar-refractivity contribution in [3.8, 4) is 0 Å². The Morgan fingerprint density at radius 1 is 1.41 bits per heavy atom. The minimum atomic E-state index is -0.361. The van der Waals surface area contributed by atoms with E-state index < -0.39 is 0 Å². The zero-order chi connectivity index (χ0) is 12.0. The van der Waals surface area contributed by atoms with E-state index in [0.29, 0.717) is 0 Å². The molecule has 2 unspecified atom stereocenters. The average molecular weight is 309 g/mol. The Morgan fingerprint density at radius 3 is 2.82 bits per heavy atom. The SMILES string of the molecule is Cc1sc(C(O)C2Cc3ccccc32)cc1Br. The van der Waals surface area contributed by atoms with Crippen LogP contribution in [0.15, 0.2) is 34.8 Å². The molecule has 1 aliphatic rings. The molecule has 0 bridgehead atoms. The van der Waals surface area contributed by atoms with Crippen LogP contribution in [-0.4, -0.2) is 5.11 Å². The highest BCUT2D eigenvalue weighted by Gasteiger charge is 2.33. The number of benzene rings is 1. The summed E-state index contributed by atoms with van der Waals surface area (Å²) in [5, 5.41) is 10.4. The van der Waals surface area contributed by atoms with E-state index in [0.717, 1.165) is 15.8 Å². The van der Waals surface area contributed by atoms with Gasteiger partial charge in [-0.3, -0.25) is 0 Å². The van der Waals surface area contributed by atoms with Gasteiger partial charge < -0.3 is 5.11 Å². The molecule has 1 nitrogen and oxygen atoms in total. The third-order valence-electron chi connectivity index (χ3n) is 3.44. The van der Waals surface area contributed by atoms with Crippen molar-refractivity contribution >= 4 is 27.3 Å². The molecular weight excluding hydrogens is 296 g/mol. The Labute approximate surface area is 113 Å². The summed E-state index contributed by atoms with van der Waals surface area (Å²) in [4.78, 5) is 2.29. The zero-order valence-corrected chi connectivity index (χ0v) is 11.9. The Hall–Kier alpha value is -0.640. The Bertz CT molecular complexity index is 542. The smallest absolute Gasteiger partial charge is 0.0954 e. The fourth-order valence-electron chi connectivity index (χ4n) is 2.40. The molecule has 1 N–H and O–H groups in total. The van der Waals surface area contributed by atoms with Crippen LogP contribution in [0.1, 0.15) is 32.9 Å². The first-order valence-electron chi connectivity index (χ1n) is 5.68. The number of halogens is 1. The lowest BCUT2D eigenvalue weighted by atomic mass is 9.74. The fraction of sp³-hybridized carbons (Fsp3) is 0.286. The summed E-state index contributed by atoms with van der Waals surface area (Å²) in [5.41, 5.74) is 2.69. The van der Waals surface area contributed by atoms with Gasteiger partial charge in [0.25, 0.3) is 0 Å². The van der Waals surface area contributed by atoms with Gasteiger partial charge in [0.05, 0.1) is 6.10 Å². The Morgan fingerprint density at radius 2 is 2.18 bits per heavy atom. The maximum Gasteiger partial charge on any atom is 0.0954 e. The molecule has 88 valence electrons. The molecule has 1 aromatic carbocycles. The van der Waals surface area contributed by atoms with Crippen LogP contribution in [0, 0.1) is 6.92 Å². The lowest BCUT2D eigenvalue weighted by molar-refractivity contribution is 0.138. The van der Waals surface area contributed by atoms with Gasteiger partial charge in [-0.15, -0.1) is 11.3 Å². The maximum atomic E-state index is 10.4. The van der Waals surface area contributed by atoms with Crippen molar-refractivity contribution in [3.05, 3.63) is 55.7 Å². The summed E-state index contributed by atoms with van der Waals surface area (Å²) in [7, 11) is 0. The lowest BCUT2D eigenvalue weighted by Gasteiger charge is -2.33. The van der Waals surface area contributed by atoms with Gasteiger partial charge in [0, 0.05) is 20.1 Å². The van der Waals surface area contributed by atoms with Crippen LogP contribution in [0.3, 0.4) is 0 Å². The van der Waals surface area contributed by atoms with Crippen LogP contribution in [0.4, 0.5) is 0 Å². The van der Waals surface area contributed by atoms with Gasteiger partial charge in [-0.25, -0.2) is 0 Å². The maximum absolute atomic E-state index is 10.4. The first-order valence-corrected chi connectivity index (χ1v) is 7.29. The first kappa shape index (κ1) is 11.5. The van der Waals surface area contributed by atoms with Crippen molar-refractivity contribution in [3.63, 3.8) is 0 Å².